The van der Waals surface area contributed by atoms with E-state index in [4.69, 9.17) is 0 Å². The summed E-state index contributed by atoms with van der Waals surface area (Å²) in [5.41, 5.74) is 0. The Bertz CT molecular complexity index is 213. The first-order valence-electron chi connectivity index (χ1n) is 5.51. The molecule has 2 aliphatic carbocycles. The molecule has 2 saturated carbocycles. The van der Waals surface area contributed by atoms with Crippen LogP contribution in [0.3, 0.4) is 0 Å². The fourth-order valence-corrected chi connectivity index (χ4v) is 3.14. The third kappa shape index (κ3) is 1.78. The molecule has 2 rings (SSSR count). The summed E-state index contributed by atoms with van der Waals surface area (Å²) in [5, 5.41) is 0. The Morgan fingerprint density at radius 1 is 1.29 bits per heavy atom. The Balaban J connectivity index is 1.92. The predicted molar refractivity (Wildman–Crippen MR) is 49.1 cm³/mol. The van der Waals surface area contributed by atoms with Crippen LogP contribution in [0, 0.1) is 17.8 Å². The van der Waals surface area contributed by atoms with Gasteiger partial charge in [-0.2, -0.15) is 0 Å². The van der Waals surface area contributed by atoms with Crippen LogP contribution in [-0.2, 0) is 0 Å². The topological polar surface area (TPSA) is 0 Å². The molecule has 0 nitrogen and oxygen atoms in total. The van der Waals surface area contributed by atoms with Crippen molar-refractivity contribution in [2.75, 3.05) is 0 Å². The molecular formula is C11H17F3. The molecule has 2 aliphatic rings. The lowest BCUT2D eigenvalue weighted by molar-refractivity contribution is -0.0869. The predicted octanol–water partition coefficient (Wildman–Crippen LogP) is 3.81. The molecule has 0 radical (unpaired) electrons. The van der Waals surface area contributed by atoms with Gasteiger partial charge in [0.15, 0.2) is 6.17 Å². The summed E-state index contributed by atoms with van der Waals surface area (Å²) in [6, 6.07) is 0. The lowest BCUT2D eigenvalue weighted by atomic mass is 9.84. The molecule has 0 aromatic carbocycles. The Labute approximate surface area is 82.9 Å². The van der Waals surface area contributed by atoms with E-state index in [1.165, 1.54) is 6.42 Å². The summed E-state index contributed by atoms with van der Waals surface area (Å²) in [6.07, 6.45) is 2.09. The van der Waals surface area contributed by atoms with Crippen LogP contribution in [0.15, 0.2) is 0 Å². The molecule has 82 valence electrons. The maximum absolute atomic E-state index is 13.1. The van der Waals surface area contributed by atoms with E-state index in [0.29, 0.717) is 11.8 Å². The van der Waals surface area contributed by atoms with Gasteiger partial charge in [-0.05, 0) is 43.9 Å². The molecule has 0 aromatic heterocycles. The van der Waals surface area contributed by atoms with Gasteiger partial charge in [-0.25, -0.2) is 13.2 Å². The van der Waals surface area contributed by atoms with E-state index in [0.717, 1.165) is 26.2 Å². The molecule has 0 N–H and O–H groups in total. The van der Waals surface area contributed by atoms with Crippen LogP contribution in [0.1, 0.15) is 39.0 Å². The minimum absolute atomic E-state index is 0.0851. The molecule has 0 aliphatic heterocycles. The Kier molecular flexibility index (Phi) is 2.52. The van der Waals surface area contributed by atoms with E-state index in [2.05, 4.69) is 0 Å². The third-order valence-electron chi connectivity index (χ3n) is 4.00. The first-order valence-corrected chi connectivity index (χ1v) is 5.51. The van der Waals surface area contributed by atoms with Crippen LogP contribution in [0.25, 0.3) is 0 Å². The van der Waals surface area contributed by atoms with Gasteiger partial charge in [-0.15, -0.1) is 0 Å². The lowest BCUT2D eigenvalue weighted by Crippen LogP contribution is -2.31. The zero-order valence-electron chi connectivity index (χ0n) is 8.48. The molecule has 2 bridgehead atoms. The number of alkyl halides is 3. The monoisotopic (exact) mass is 206 g/mol. The number of halogens is 3. The molecule has 0 saturated heterocycles. The van der Waals surface area contributed by atoms with Gasteiger partial charge in [0.05, 0.1) is 0 Å². The molecule has 2 fully saturated rings. The van der Waals surface area contributed by atoms with Crippen molar-refractivity contribution in [1.82, 2.24) is 0 Å². The summed E-state index contributed by atoms with van der Waals surface area (Å²) < 4.78 is 38.9. The van der Waals surface area contributed by atoms with Gasteiger partial charge in [0.1, 0.15) is 0 Å². The fraction of sp³-hybridized carbons (Fsp3) is 1.00. The number of hydrogen-bond donors (Lipinski definition) is 0. The quantitative estimate of drug-likeness (QED) is 0.658. The highest BCUT2D eigenvalue weighted by Gasteiger charge is 2.46. The zero-order chi connectivity index (χ0) is 10.3. The molecule has 0 spiro atoms. The van der Waals surface area contributed by atoms with Crippen molar-refractivity contribution < 1.29 is 13.2 Å². The van der Waals surface area contributed by atoms with Crippen molar-refractivity contribution in [3.8, 4) is 0 Å². The summed E-state index contributed by atoms with van der Waals surface area (Å²) in [6.45, 7) is 0.965. The van der Waals surface area contributed by atoms with E-state index >= 15 is 0 Å². The second-order valence-corrected chi connectivity index (χ2v) is 5.02. The maximum atomic E-state index is 13.1. The van der Waals surface area contributed by atoms with Crippen LogP contribution < -0.4 is 0 Å². The highest BCUT2D eigenvalue weighted by Crippen LogP contribution is 2.51. The van der Waals surface area contributed by atoms with Gasteiger partial charge in [0.25, 0.3) is 5.92 Å². The third-order valence-corrected chi connectivity index (χ3v) is 4.00. The Morgan fingerprint density at radius 2 is 2.00 bits per heavy atom. The molecule has 0 heterocycles. The number of rotatable bonds is 3. The average Bonchev–Trinajstić information content (AvgIpc) is 2.63. The number of fused-ring (bicyclic) bond motifs is 2. The second-order valence-electron chi connectivity index (χ2n) is 5.02. The largest absolute Gasteiger partial charge is 0.278 e. The summed E-state index contributed by atoms with van der Waals surface area (Å²) in [7, 11) is 0. The van der Waals surface area contributed by atoms with Crippen molar-refractivity contribution in [2.24, 2.45) is 17.8 Å². The molecule has 4 atom stereocenters. The number of hydrogen-bond acceptors (Lipinski definition) is 0. The zero-order valence-corrected chi connectivity index (χ0v) is 8.48. The van der Waals surface area contributed by atoms with Crippen molar-refractivity contribution in [3.05, 3.63) is 0 Å². The van der Waals surface area contributed by atoms with Crippen LogP contribution >= 0.6 is 0 Å². The normalized spacial score (nSPS) is 39.0. The van der Waals surface area contributed by atoms with Crippen LogP contribution in [0.4, 0.5) is 13.2 Å². The van der Waals surface area contributed by atoms with E-state index < -0.39 is 12.1 Å². The van der Waals surface area contributed by atoms with Gasteiger partial charge in [0, 0.05) is 6.42 Å². The summed E-state index contributed by atoms with van der Waals surface area (Å²) >= 11 is 0. The van der Waals surface area contributed by atoms with E-state index in [1.807, 2.05) is 0 Å². The molecule has 4 unspecified atom stereocenters. The Morgan fingerprint density at radius 3 is 2.43 bits per heavy atom. The standard InChI is InChI=1S/C11H17F3/c1-7(12)11(13,14)6-10-5-8-2-3-9(10)4-8/h7-10H,2-6H2,1H3. The smallest absolute Gasteiger partial charge is 0.241 e. The highest BCUT2D eigenvalue weighted by molar-refractivity contribution is 4.92. The van der Waals surface area contributed by atoms with Crippen molar-refractivity contribution in [1.29, 1.82) is 0 Å². The molecule has 0 amide bonds. The first kappa shape index (κ1) is 10.3. The van der Waals surface area contributed by atoms with Crippen LogP contribution in [0.5, 0.6) is 0 Å². The van der Waals surface area contributed by atoms with E-state index in [-0.39, 0.29) is 12.3 Å². The second kappa shape index (κ2) is 3.42. The van der Waals surface area contributed by atoms with Crippen molar-refractivity contribution in [2.45, 2.75) is 51.1 Å². The minimum Gasteiger partial charge on any atom is -0.241 e. The van der Waals surface area contributed by atoms with Crippen molar-refractivity contribution >= 4 is 0 Å². The van der Waals surface area contributed by atoms with Gasteiger partial charge in [-0.1, -0.05) is 6.42 Å². The highest BCUT2D eigenvalue weighted by atomic mass is 19.3. The molecule has 0 aromatic rings. The molecule has 14 heavy (non-hydrogen) atoms. The average molecular weight is 206 g/mol. The lowest BCUT2D eigenvalue weighted by Gasteiger charge is -2.27. The first-order chi connectivity index (χ1) is 6.49. The molecular weight excluding hydrogens is 189 g/mol. The van der Waals surface area contributed by atoms with E-state index in [1.54, 1.807) is 0 Å². The van der Waals surface area contributed by atoms with Gasteiger partial charge in [0.2, 0.25) is 0 Å². The van der Waals surface area contributed by atoms with Gasteiger partial charge in [-0.3, -0.25) is 0 Å². The fourth-order valence-electron chi connectivity index (χ4n) is 3.14. The molecule has 3 heteroatoms. The van der Waals surface area contributed by atoms with Gasteiger partial charge < -0.3 is 0 Å². The van der Waals surface area contributed by atoms with Gasteiger partial charge >= 0.3 is 0 Å². The summed E-state index contributed by atoms with van der Waals surface area (Å²) in [4.78, 5) is 0. The van der Waals surface area contributed by atoms with E-state index in [9.17, 15) is 13.2 Å². The SMILES string of the molecule is CC(F)C(F)(F)CC1CC2CCC1C2. The van der Waals surface area contributed by atoms with Crippen LogP contribution in [-0.4, -0.2) is 12.1 Å². The Hall–Kier alpha value is -0.210. The van der Waals surface area contributed by atoms with Crippen molar-refractivity contribution in [3.63, 3.8) is 0 Å². The summed E-state index contributed by atoms with van der Waals surface area (Å²) in [5.74, 6) is -1.89. The minimum atomic E-state index is -3.10. The maximum Gasteiger partial charge on any atom is 0.278 e. The van der Waals surface area contributed by atoms with Crippen LogP contribution in [0.2, 0.25) is 0 Å².